The molecule has 16 heavy (non-hydrogen) atoms. The smallest absolute Gasteiger partial charge is 0.152 e. The Morgan fingerprint density at radius 1 is 1.44 bits per heavy atom. The van der Waals surface area contributed by atoms with E-state index in [1.807, 2.05) is 24.3 Å². The second kappa shape index (κ2) is 5.29. The van der Waals surface area contributed by atoms with E-state index in [0.717, 1.165) is 16.3 Å². The van der Waals surface area contributed by atoms with Crippen LogP contribution >= 0.6 is 15.9 Å². The Kier molecular flexibility index (Phi) is 4.52. The molecule has 5 heteroatoms. The molecule has 0 aliphatic rings. The van der Waals surface area contributed by atoms with Crippen LogP contribution in [-0.2, 0) is 16.3 Å². The zero-order chi connectivity index (χ0) is 12.3. The summed E-state index contributed by atoms with van der Waals surface area (Å²) in [5.41, 5.74) is 0.914. The molecular weight excluding hydrogens is 292 g/mol. The zero-order valence-electron chi connectivity index (χ0n) is 9.22. The molecule has 0 spiro atoms. The minimum Gasteiger partial charge on any atom is -0.391 e. The van der Waals surface area contributed by atoms with E-state index in [2.05, 4.69) is 15.9 Å². The molecule has 0 bridgehead atoms. The number of sulfone groups is 1. The predicted molar refractivity (Wildman–Crippen MR) is 68.2 cm³/mol. The Morgan fingerprint density at radius 2 is 2.06 bits per heavy atom. The maximum Gasteiger partial charge on any atom is 0.152 e. The van der Waals surface area contributed by atoms with Crippen LogP contribution in [0.25, 0.3) is 0 Å². The van der Waals surface area contributed by atoms with Gasteiger partial charge in [-0.05, 0) is 31.0 Å². The lowest BCUT2D eigenvalue weighted by Gasteiger charge is -2.17. The first-order valence-corrected chi connectivity index (χ1v) is 7.67. The van der Waals surface area contributed by atoms with E-state index in [0.29, 0.717) is 6.42 Å². The van der Waals surface area contributed by atoms with Crippen LogP contribution in [0.2, 0.25) is 0 Å². The maximum atomic E-state index is 11.3. The van der Waals surface area contributed by atoms with Crippen LogP contribution in [0.5, 0.6) is 0 Å². The maximum absolute atomic E-state index is 11.3. The Bertz CT molecular complexity index is 456. The average Bonchev–Trinajstić information content (AvgIpc) is 2.15. The molecule has 1 aromatic rings. The normalized spacial score (nSPS) is 15.8. The van der Waals surface area contributed by atoms with Crippen molar-refractivity contribution in [1.29, 1.82) is 0 Å². The van der Waals surface area contributed by atoms with Crippen molar-refractivity contribution in [1.82, 2.24) is 0 Å². The largest absolute Gasteiger partial charge is 0.391 e. The summed E-state index contributed by atoms with van der Waals surface area (Å²) in [4.78, 5) is 0. The number of aliphatic hydroxyl groups is 1. The summed E-state index contributed by atoms with van der Waals surface area (Å²) in [6.07, 6.45) is 0.611. The summed E-state index contributed by atoms with van der Waals surface area (Å²) in [6.45, 7) is 1.53. The van der Waals surface area contributed by atoms with Gasteiger partial charge in [-0.1, -0.05) is 28.1 Å². The number of halogens is 1. The number of rotatable bonds is 4. The van der Waals surface area contributed by atoms with E-state index in [9.17, 15) is 13.5 Å². The first-order valence-electron chi connectivity index (χ1n) is 4.92. The molecular formula is C11H15BrO3S. The van der Waals surface area contributed by atoms with Gasteiger partial charge in [0.05, 0.1) is 11.4 Å². The molecule has 0 aromatic heterocycles. The molecule has 0 amide bonds. The van der Waals surface area contributed by atoms with Crippen molar-refractivity contribution in [3.8, 4) is 0 Å². The molecule has 3 nitrogen and oxygen atoms in total. The van der Waals surface area contributed by atoms with Crippen molar-refractivity contribution in [3.05, 3.63) is 34.3 Å². The van der Waals surface area contributed by atoms with Crippen molar-refractivity contribution in [3.63, 3.8) is 0 Å². The summed E-state index contributed by atoms with van der Waals surface area (Å²) < 4.78 is 23.4. The quantitative estimate of drug-likeness (QED) is 0.922. The summed E-state index contributed by atoms with van der Waals surface area (Å²) in [5, 5.41) is 9.06. The molecule has 1 N–H and O–H groups in total. The Balaban J connectivity index is 2.75. The average molecular weight is 307 g/mol. The number of hydrogen-bond acceptors (Lipinski definition) is 3. The Labute approximate surface area is 105 Å². The summed E-state index contributed by atoms with van der Waals surface area (Å²) >= 11 is 3.33. The molecule has 0 aliphatic carbocycles. The SMILES string of the molecule is CC(C(O)Cc1cccc(Br)c1)S(C)(=O)=O. The first-order chi connectivity index (χ1) is 7.30. The van der Waals surface area contributed by atoms with E-state index in [4.69, 9.17) is 0 Å². The molecule has 0 saturated heterocycles. The van der Waals surface area contributed by atoms with Crippen LogP contribution in [0.3, 0.4) is 0 Å². The molecule has 0 saturated carbocycles. The van der Waals surface area contributed by atoms with Crippen LogP contribution in [-0.4, -0.2) is 31.1 Å². The fourth-order valence-electron chi connectivity index (χ4n) is 1.36. The molecule has 0 aliphatic heterocycles. The second-order valence-electron chi connectivity index (χ2n) is 3.94. The van der Waals surface area contributed by atoms with Gasteiger partial charge in [-0.15, -0.1) is 0 Å². The zero-order valence-corrected chi connectivity index (χ0v) is 11.6. The second-order valence-corrected chi connectivity index (χ2v) is 7.25. The monoisotopic (exact) mass is 306 g/mol. The highest BCUT2D eigenvalue weighted by Crippen LogP contribution is 2.15. The van der Waals surface area contributed by atoms with Crippen LogP contribution in [0.15, 0.2) is 28.7 Å². The van der Waals surface area contributed by atoms with Gasteiger partial charge in [0.15, 0.2) is 9.84 Å². The number of hydrogen-bond donors (Lipinski definition) is 1. The molecule has 0 radical (unpaired) electrons. The van der Waals surface area contributed by atoms with E-state index < -0.39 is 21.2 Å². The minimum atomic E-state index is -3.19. The molecule has 90 valence electrons. The number of aliphatic hydroxyl groups excluding tert-OH is 1. The number of benzene rings is 1. The lowest BCUT2D eigenvalue weighted by Crippen LogP contribution is -2.32. The van der Waals surface area contributed by atoms with Crippen LogP contribution in [0, 0.1) is 0 Å². The van der Waals surface area contributed by atoms with E-state index in [1.165, 1.54) is 6.92 Å². The Hall–Kier alpha value is -0.390. The fraction of sp³-hybridized carbons (Fsp3) is 0.455. The third kappa shape index (κ3) is 3.88. The molecule has 1 rings (SSSR count). The van der Waals surface area contributed by atoms with Crippen molar-refractivity contribution in [2.24, 2.45) is 0 Å². The molecule has 1 aromatic carbocycles. The van der Waals surface area contributed by atoms with Crippen LogP contribution in [0.4, 0.5) is 0 Å². The summed E-state index contributed by atoms with van der Waals surface area (Å²) in [6, 6.07) is 7.48. The molecule has 2 unspecified atom stereocenters. The van der Waals surface area contributed by atoms with E-state index in [-0.39, 0.29) is 0 Å². The van der Waals surface area contributed by atoms with Gasteiger partial charge in [-0.2, -0.15) is 0 Å². The molecule has 0 heterocycles. The molecule has 2 atom stereocenters. The van der Waals surface area contributed by atoms with Crippen molar-refractivity contribution in [2.45, 2.75) is 24.7 Å². The summed E-state index contributed by atoms with van der Waals surface area (Å²) in [7, 11) is -3.19. The van der Waals surface area contributed by atoms with Crippen LogP contribution < -0.4 is 0 Å². The highest BCUT2D eigenvalue weighted by atomic mass is 79.9. The van der Waals surface area contributed by atoms with E-state index >= 15 is 0 Å². The van der Waals surface area contributed by atoms with Gasteiger partial charge in [-0.3, -0.25) is 0 Å². The van der Waals surface area contributed by atoms with Gasteiger partial charge in [0.2, 0.25) is 0 Å². The van der Waals surface area contributed by atoms with Gasteiger partial charge in [0.1, 0.15) is 0 Å². The van der Waals surface area contributed by atoms with Gasteiger partial charge in [-0.25, -0.2) is 8.42 Å². The van der Waals surface area contributed by atoms with Gasteiger partial charge in [0, 0.05) is 10.7 Å². The van der Waals surface area contributed by atoms with Gasteiger partial charge >= 0.3 is 0 Å². The van der Waals surface area contributed by atoms with Gasteiger partial charge < -0.3 is 5.11 Å². The van der Waals surface area contributed by atoms with Crippen molar-refractivity contribution < 1.29 is 13.5 Å². The van der Waals surface area contributed by atoms with Gasteiger partial charge in [0.25, 0.3) is 0 Å². The highest BCUT2D eigenvalue weighted by Gasteiger charge is 2.23. The predicted octanol–water partition coefficient (Wildman–Crippen LogP) is 1.79. The topological polar surface area (TPSA) is 54.4 Å². The lowest BCUT2D eigenvalue weighted by molar-refractivity contribution is 0.173. The van der Waals surface area contributed by atoms with Crippen molar-refractivity contribution >= 4 is 25.8 Å². The minimum absolute atomic E-state index is 0.341. The van der Waals surface area contributed by atoms with Crippen LogP contribution in [0.1, 0.15) is 12.5 Å². The lowest BCUT2D eigenvalue weighted by atomic mass is 10.1. The standard InChI is InChI=1S/C11H15BrO3S/c1-8(16(2,14)15)11(13)7-9-4-3-5-10(12)6-9/h3-6,8,11,13H,7H2,1-2H3. The highest BCUT2D eigenvalue weighted by molar-refractivity contribution is 9.10. The van der Waals surface area contributed by atoms with E-state index in [1.54, 1.807) is 0 Å². The first kappa shape index (κ1) is 13.7. The summed E-state index contributed by atoms with van der Waals surface area (Å²) in [5.74, 6) is 0. The Morgan fingerprint density at radius 3 is 2.56 bits per heavy atom. The fourth-order valence-corrected chi connectivity index (χ4v) is 2.47. The van der Waals surface area contributed by atoms with Crippen molar-refractivity contribution in [2.75, 3.05) is 6.26 Å². The molecule has 0 fully saturated rings. The third-order valence-corrected chi connectivity index (χ3v) is 4.71. The third-order valence-electron chi connectivity index (χ3n) is 2.55.